The Bertz CT molecular complexity index is 1160. The van der Waals surface area contributed by atoms with E-state index in [1.54, 1.807) is 43.4 Å². The molecule has 164 valence electrons. The van der Waals surface area contributed by atoms with Gasteiger partial charge in [0.15, 0.2) is 0 Å². The Kier molecular flexibility index (Phi) is 5.92. The lowest BCUT2D eigenvalue weighted by Crippen LogP contribution is -2.47. The molecule has 1 atom stereocenters. The number of rotatable bonds is 5. The number of amides is 1. The number of ether oxygens (including phenoxy) is 2. The van der Waals surface area contributed by atoms with Crippen molar-refractivity contribution in [2.75, 3.05) is 31.7 Å². The monoisotopic (exact) mass is 452 g/mol. The van der Waals surface area contributed by atoms with Crippen LogP contribution in [0.4, 0.5) is 11.4 Å². The number of nitro benzene ring substituents is 1. The quantitative estimate of drug-likeness (QED) is 0.497. The second kappa shape index (κ2) is 8.80. The topological polar surface area (TPSA) is 109 Å². The summed E-state index contributed by atoms with van der Waals surface area (Å²) in [5.74, 6) is 0.919. The molecule has 1 fully saturated rings. The van der Waals surface area contributed by atoms with Gasteiger partial charge in [0.05, 0.1) is 54.0 Å². The van der Waals surface area contributed by atoms with E-state index in [-0.39, 0.29) is 24.7 Å². The van der Waals surface area contributed by atoms with Crippen LogP contribution in [0.25, 0.3) is 0 Å². The van der Waals surface area contributed by atoms with Crippen molar-refractivity contribution >= 4 is 29.0 Å². The summed E-state index contributed by atoms with van der Waals surface area (Å²) in [6.45, 7) is 0.249. The Morgan fingerprint density at radius 1 is 1.22 bits per heavy atom. The number of methoxy groups -OCH3 is 2. The summed E-state index contributed by atoms with van der Waals surface area (Å²) in [4.78, 5) is 27.7. The lowest BCUT2D eigenvalue weighted by molar-refractivity contribution is -0.385. The van der Waals surface area contributed by atoms with Crippen molar-refractivity contribution in [3.05, 3.63) is 68.7 Å². The first kappa shape index (κ1) is 21.5. The molecule has 9 nitrogen and oxygen atoms in total. The number of nitriles is 1. The maximum Gasteiger partial charge on any atom is 0.273 e. The minimum Gasteiger partial charge on any atom is -0.497 e. The maximum absolute atomic E-state index is 13.1. The average molecular weight is 452 g/mol. The van der Waals surface area contributed by atoms with Crippen molar-refractivity contribution in [3.8, 4) is 17.6 Å². The SMILES string of the molecule is COc1ccc(N2CSC3=C(C#N)[C@@H](c4ccccc4[N+](=O)[O-])CC(=O)N3C2)c(OC)c1. The molecule has 0 N–H and O–H groups in total. The van der Waals surface area contributed by atoms with Gasteiger partial charge in [-0.3, -0.25) is 19.8 Å². The number of fused-ring (bicyclic) bond motifs is 1. The molecule has 2 aromatic carbocycles. The highest BCUT2D eigenvalue weighted by atomic mass is 32.2. The first-order valence-corrected chi connectivity index (χ1v) is 10.7. The Labute approximate surface area is 189 Å². The van der Waals surface area contributed by atoms with E-state index in [4.69, 9.17) is 9.47 Å². The number of carbonyl (C=O) groups excluding carboxylic acids is 1. The van der Waals surface area contributed by atoms with E-state index < -0.39 is 10.8 Å². The van der Waals surface area contributed by atoms with E-state index in [2.05, 4.69) is 6.07 Å². The van der Waals surface area contributed by atoms with Gasteiger partial charge >= 0.3 is 0 Å². The summed E-state index contributed by atoms with van der Waals surface area (Å²) in [6.07, 6.45) is -0.00854. The summed E-state index contributed by atoms with van der Waals surface area (Å²) in [5.41, 5.74) is 1.48. The zero-order valence-corrected chi connectivity index (χ0v) is 18.3. The molecule has 0 saturated carbocycles. The second-order valence-corrected chi connectivity index (χ2v) is 8.15. The van der Waals surface area contributed by atoms with Crippen LogP contribution in [0.3, 0.4) is 0 Å². The highest BCUT2D eigenvalue weighted by Crippen LogP contribution is 2.46. The zero-order valence-electron chi connectivity index (χ0n) is 17.5. The lowest BCUT2D eigenvalue weighted by atomic mass is 9.85. The zero-order chi connectivity index (χ0) is 22.8. The number of para-hydroxylation sites is 1. The van der Waals surface area contributed by atoms with Gasteiger partial charge in [0.1, 0.15) is 11.5 Å². The molecule has 2 heterocycles. The number of benzene rings is 2. The summed E-state index contributed by atoms with van der Waals surface area (Å²) in [6, 6.07) is 13.9. The van der Waals surface area contributed by atoms with Gasteiger partial charge < -0.3 is 14.4 Å². The normalized spacial score (nSPS) is 18.2. The van der Waals surface area contributed by atoms with E-state index >= 15 is 0 Å². The molecule has 2 aromatic rings. The molecule has 1 amide bonds. The van der Waals surface area contributed by atoms with Gasteiger partial charge in [0.25, 0.3) is 5.69 Å². The number of hydrogen-bond donors (Lipinski definition) is 0. The van der Waals surface area contributed by atoms with Gasteiger partial charge in [-0.2, -0.15) is 5.26 Å². The molecule has 0 bridgehead atoms. The van der Waals surface area contributed by atoms with Gasteiger partial charge in [-0.05, 0) is 12.1 Å². The van der Waals surface area contributed by atoms with Crippen LogP contribution in [0.1, 0.15) is 17.9 Å². The third-order valence-electron chi connectivity index (χ3n) is 5.53. The van der Waals surface area contributed by atoms with Crippen LogP contribution in [-0.2, 0) is 4.79 Å². The molecule has 0 aliphatic carbocycles. The summed E-state index contributed by atoms with van der Waals surface area (Å²) in [7, 11) is 3.14. The van der Waals surface area contributed by atoms with Gasteiger partial charge in [-0.1, -0.05) is 30.0 Å². The van der Waals surface area contributed by atoms with Crippen molar-refractivity contribution in [2.45, 2.75) is 12.3 Å². The molecule has 2 aliphatic rings. The Morgan fingerprint density at radius 3 is 2.69 bits per heavy atom. The first-order chi connectivity index (χ1) is 15.5. The Hall–Kier alpha value is -3.71. The van der Waals surface area contributed by atoms with Crippen molar-refractivity contribution in [2.24, 2.45) is 0 Å². The van der Waals surface area contributed by atoms with Gasteiger partial charge in [0, 0.05) is 30.0 Å². The minimum absolute atomic E-state index is 0.00854. The predicted octanol–water partition coefficient (Wildman–Crippen LogP) is 3.83. The van der Waals surface area contributed by atoms with E-state index in [1.807, 2.05) is 17.0 Å². The minimum atomic E-state index is -0.644. The van der Waals surface area contributed by atoms with Crippen molar-refractivity contribution in [3.63, 3.8) is 0 Å². The fraction of sp³-hybridized carbons (Fsp3) is 0.273. The lowest BCUT2D eigenvalue weighted by Gasteiger charge is -2.42. The molecule has 10 heteroatoms. The molecule has 0 radical (unpaired) electrons. The maximum atomic E-state index is 13.1. The molecular formula is C22H20N4O5S. The number of nitrogens with zero attached hydrogens (tertiary/aromatic N) is 4. The van der Waals surface area contributed by atoms with Crippen LogP contribution in [0.5, 0.6) is 11.5 Å². The largest absolute Gasteiger partial charge is 0.497 e. The average Bonchev–Trinajstić information content (AvgIpc) is 2.83. The first-order valence-electron chi connectivity index (χ1n) is 9.76. The molecule has 2 aliphatic heterocycles. The Balaban J connectivity index is 1.70. The molecule has 32 heavy (non-hydrogen) atoms. The summed E-state index contributed by atoms with van der Waals surface area (Å²) >= 11 is 1.36. The van der Waals surface area contributed by atoms with E-state index in [0.29, 0.717) is 33.5 Å². The third kappa shape index (κ3) is 3.71. The van der Waals surface area contributed by atoms with Crippen molar-refractivity contribution in [1.82, 2.24) is 4.90 Å². The van der Waals surface area contributed by atoms with Gasteiger partial charge in [0.2, 0.25) is 5.91 Å². The van der Waals surface area contributed by atoms with Crippen molar-refractivity contribution in [1.29, 1.82) is 5.26 Å². The van der Waals surface area contributed by atoms with E-state index in [1.165, 1.54) is 17.8 Å². The summed E-state index contributed by atoms with van der Waals surface area (Å²) in [5, 5.41) is 22.0. The fourth-order valence-electron chi connectivity index (χ4n) is 3.98. The molecule has 1 saturated heterocycles. The number of allylic oxidation sites excluding steroid dienone is 1. The standard InChI is InChI=1S/C22H20N4O5S/c1-30-14-7-8-19(20(9-14)31-2)24-12-25-21(27)10-16(17(11-23)22(25)32-13-24)15-5-3-4-6-18(15)26(28)29/h3-9,16H,10,12-13H2,1-2H3/t16-/m1/s1. The number of carbonyl (C=O) groups is 1. The molecule has 4 rings (SSSR count). The van der Waals surface area contributed by atoms with Crippen LogP contribution in [-0.4, -0.2) is 42.5 Å². The smallest absolute Gasteiger partial charge is 0.273 e. The summed E-state index contributed by atoms with van der Waals surface area (Å²) < 4.78 is 10.7. The molecular weight excluding hydrogens is 432 g/mol. The van der Waals surface area contributed by atoms with Gasteiger partial charge in [-0.15, -0.1) is 0 Å². The van der Waals surface area contributed by atoms with Crippen LogP contribution in [0.2, 0.25) is 0 Å². The van der Waals surface area contributed by atoms with E-state index in [0.717, 1.165) is 5.69 Å². The molecule has 0 aromatic heterocycles. The van der Waals surface area contributed by atoms with E-state index in [9.17, 15) is 20.2 Å². The predicted molar refractivity (Wildman–Crippen MR) is 119 cm³/mol. The highest BCUT2D eigenvalue weighted by Gasteiger charge is 2.40. The van der Waals surface area contributed by atoms with Crippen LogP contribution >= 0.6 is 11.8 Å². The van der Waals surface area contributed by atoms with Crippen LogP contribution in [0, 0.1) is 21.4 Å². The second-order valence-electron chi connectivity index (χ2n) is 7.22. The van der Waals surface area contributed by atoms with Crippen LogP contribution in [0.15, 0.2) is 53.1 Å². The fourth-order valence-corrected chi connectivity index (χ4v) is 5.13. The van der Waals surface area contributed by atoms with Gasteiger partial charge in [-0.25, -0.2) is 0 Å². The number of nitro groups is 1. The van der Waals surface area contributed by atoms with Crippen LogP contribution < -0.4 is 14.4 Å². The Morgan fingerprint density at radius 2 is 2.00 bits per heavy atom. The highest BCUT2D eigenvalue weighted by molar-refractivity contribution is 8.03. The molecule has 0 spiro atoms. The van der Waals surface area contributed by atoms with Crippen molar-refractivity contribution < 1.29 is 19.2 Å². The third-order valence-corrected chi connectivity index (χ3v) is 6.68. The number of anilines is 1. The number of hydrogen-bond acceptors (Lipinski definition) is 8. The molecule has 0 unspecified atom stereocenters. The number of thioether (sulfide) groups is 1.